The van der Waals surface area contributed by atoms with Crippen LogP contribution >= 0.6 is 0 Å². The number of hydrogen-bond acceptors (Lipinski definition) is 6. The van der Waals surface area contributed by atoms with Crippen LogP contribution in [0, 0.1) is 5.92 Å². The highest BCUT2D eigenvalue weighted by Gasteiger charge is 2.19. The average Bonchev–Trinajstić information content (AvgIpc) is 3.21. The first-order chi connectivity index (χ1) is 28.4. The lowest BCUT2D eigenvalue weighted by Gasteiger charge is -2.18. The smallest absolute Gasteiger partial charge is 0.306 e. The Kier molecular flexibility index (Phi) is 45.2. The van der Waals surface area contributed by atoms with Gasteiger partial charge in [0, 0.05) is 19.3 Å². The predicted octanol–water partition coefficient (Wildman–Crippen LogP) is 16.7. The van der Waals surface area contributed by atoms with Gasteiger partial charge in [-0.05, 0) is 25.2 Å². The van der Waals surface area contributed by atoms with Gasteiger partial charge in [0.05, 0.1) is 0 Å². The fraction of sp³-hybridized carbons (Fsp3) is 0.942. The van der Waals surface area contributed by atoms with Crippen LogP contribution in [0.3, 0.4) is 0 Å². The van der Waals surface area contributed by atoms with Gasteiger partial charge >= 0.3 is 17.9 Å². The summed E-state index contributed by atoms with van der Waals surface area (Å²) >= 11 is 0. The van der Waals surface area contributed by atoms with Crippen molar-refractivity contribution in [3.8, 4) is 0 Å². The number of rotatable bonds is 47. The molecular weight excluding hydrogens is 721 g/mol. The molecule has 0 aliphatic rings. The monoisotopic (exact) mass is 821 g/mol. The summed E-state index contributed by atoms with van der Waals surface area (Å²) in [4.78, 5) is 37.9. The zero-order chi connectivity index (χ0) is 42.4. The standard InChI is InChI=1S/C52H100O6/c1-5-7-9-11-13-15-16-17-18-19-20-24-28-32-36-40-44-51(54)57-47-49(46-56-50(53)43-39-35-31-26-14-12-10-8-6-2)58-52(55)45-41-37-33-29-25-22-21-23-27-30-34-38-42-48(3)4/h48-49H,5-47H2,1-4H3/t49-/m1/s1. The Labute approximate surface area is 361 Å². The highest BCUT2D eigenvalue weighted by Crippen LogP contribution is 2.17. The van der Waals surface area contributed by atoms with E-state index in [0.717, 1.165) is 63.7 Å². The Hall–Kier alpha value is -1.59. The van der Waals surface area contributed by atoms with Gasteiger partial charge in [0.25, 0.3) is 0 Å². The van der Waals surface area contributed by atoms with Crippen molar-refractivity contribution in [1.29, 1.82) is 0 Å². The largest absolute Gasteiger partial charge is 0.462 e. The van der Waals surface area contributed by atoms with E-state index in [9.17, 15) is 14.4 Å². The third kappa shape index (κ3) is 45.5. The molecule has 0 aromatic carbocycles. The lowest BCUT2D eigenvalue weighted by molar-refractivity contribution is -0.167. The van der Waals surface area contributed by atoms with Crippen LogP contribution in [0.4, 0.5) is 0 Å². The third-order valence-corrected chi connectivity index (χ3v) is 11.8. The van der Waals surface area contributed by atoms with Crippen LogP contribution < -0.4 is 0 Å². The van der Waals surface area contributed by atoms with Gasteiger partial charge in [-0.3, -0.25) is 14.4 Å². The van der Waals surface area contributed by atoms with E-state index in [1.165, 1.54) is 186 Å². The van der Waals surface area contributed by atoms with Crippen molar-refractivity contribution in [3.63, 3.8) is 0 Å². The van der Waals surface area contributed by atoms with E-state index < -0.39 is 6.10 Å². The van der Waals surface area contributed by atoms with Crippen molar-refractivity contribution < 1.29 is 28.6 Å². The SMILES string of the molecule is CCCCCCCCCCCCCCCCCCC(=O)OC[C@@H](COC(=O)CCCCCCCCCCC)OC(=O)CCCCCCCCCCCCCCC(C)C. The molecule has 0 aromatic heterocycles. The van der Waals surface area contributed by atoms with Crippen molar-refractivity contribution in [3.05, 3.63) is 0 Å². The first kappa shape index (κ1) is 56.4. The molecule has 0 aliphatic carbocycles. The quantitative estimate of drug-likeness (QED) is 0.0346. The van der Waals surface area contributed by atoms with Gasteiger partial charge in [0.2, 0.25) is 0 Å². The van der Waals surface area contributed by atoms with Crippen LogP contribution in [0.15, 0.2) is 0 Å². The van der Waals surface area contributed by atoms with Crippen molar-refractivity contribution >= 4 is 17.9 Å². The van der Waals surface area contributed by atoms with Crippen LogP contribution in [0.2, 0.25) is 0 Å². The van der Waals surface area contributed by atoms with Crippen molar-refractivity contribution in [1.82, 2.24) is 0 Å². The van der Waals surface area contributed by atoms with Crippen LogP contribution in [0.1, 0.15) is 291 Å². The maximum Gasteiger partial charge on any atom is 0.306 e. The summed E-state index contributed by atoms with van der Waals surface area (Å²) in [6.45, 7) is 9.01. The van der Waals surface area contributed by atoms with Gasteiger partial charge in [0.1, 0.15) is 13.2 Å². The van der Waals surface area contributed by atoms with E-state index in [4.69, 9.17) is 14.2 Å². The van der Waals surface area contributed by atoms with Gasteiger partial charge in [0.15, 0.2) is 6.10 Å². The second-order valence-corrected chi connectivity index (χ2v) is 18.3. The molecule has 0 bridgehead atoms. The molecule has 0 aliphatic heterocycles. The third-order valence-electron chi connectivity index (χ3n) is 11.8. The van der Waals surface area contributed by atoms with Crippen molar-refractivity contribution in [2.45, 2.75) is 297 Å². The number of esters is 3. The second-order valence-electron chi connectivity index (χ2n) is 18.3. The van der Waals surface area contributed by atoms with Gasteiger partial charge in [-0.1, -0.05) is 252 Å². The molecule has 0 fully saturated rings. The predicted molar refractivity (Wildman–Crippen MR) is 247 cm³/mol. The molecule has 1 atom stereocenters. The Bertz CT molecular complexity index is 872. The fourth-order valence-corrected chi connectivity index (χ4v) is 7.86. The highest BCUT2D eigenvalue weighted by molar-refractivity contribution is 5.71. The van der Waals surface area contributed by atoms with E-state index >= 15 is 0 Å². The molecule has 0 radical (unpaired) electrons. The van der Waals surface area contributed by atoms with Gasteiger partial charge in [-0.25, -0.2) is 0 Å². The summed E-state index contributed by atoms with van der Waals surface area (Å²) in [5, 5.41) is 0. The Balaban J connectivity index is 4.26. The number of ether oxygens (including phenoxy) is 3. The summed E-state index contributed by atoms with van der Waals surface area (Å²) in [5.41, 5.74) is 0. The number of carbonyl (C=O) groups is 3. The maximum absolute atomic E-state index is 12.8. The molecule has 0 rings (SSSR count). The van der Waals surface area contributed by atoms with Gasteiger partial charge in [-0.15, -0.1) is 0 Å². The maximum atomic E-state index is 12.8. The average molecular weight is 821 g/mol. The van der Waals surface area contributed by atoms with Crippen LogP contribution in [-0.4, -0.2) is 37.2 Å². The lowest BCUT2D eigenvalue weighted by atomic mass is 10.0. The molecule has 0 saturated carbocycles. The zero-order valence-electron chi connectivity index (χ0n) is 39.5. The molecule has 0 saturated heterocycles. The molecule has 6 heteroatoms. The first-order valence-electron chi connectivity index (χ1n) is 25.9. The van der Waals surface area contributed by atoms with E-state index in [2.05, 4.69) is 27.7 Å². The summed E-state index contributed by atoms with van der Waals surface area (Å²) in [5.74, 6) is -0.0147. The molecule has 0 amide bonds. The fourth-order valence-electron chi connectivity index (χ4n) is 7.86. The summed E-state index contributed by atoms with van der Waals surface area (Å²) < 4.78 is 16.8. The van der Waals surface area contributed by atoms with E-state index in [-0.39, 0.29) is 31.1 Å². The molecule has 0 N–H and O–H groups in total. The molecular formula is C52H100O6. The summed E-state index contributed by atoms with van der Waals surface area (Å²) in [6, 6.07) is 0. The van der Waals surface area contributed by atoms with E-state index in [1.54, 1.807) is 0 Å². The topological polar surface area (TPSA) is 78.9 Å². The first-order valence-corrected chi connectivity index (χ1v) is 25.9. The molecule has 0 unspecified atom stereocenters. The van der Waals surface area contributed by atoms with Crippen molar-refractivity contribution in [2.75, 3.05) is 13.2 Å². The van der Waals surface area contributed by atoms with Crippen molar-refractivity contribution in [2.24, 2.45) is 5.92 Å². The number of carbonyl (C=O) groups excluding carboxylic acids is 3. The van der Waals surface area contributed by atoms with Crippen LogP contribution in [0.5, 0.6) is 0 Å². The molecule has 344 valence electrons. The van der Waals surface area contributed by atoms with Crippen LogP contribution in [-0.2, 0) is 28.6 Å². The number of unbranched alkanes of at least 4 members (excludes halogenated alkanes) is 34. The lowest BCUT2D eigenvalue weighted by Crippen LogP contribution is -2.30. The molecule has 0 heterocycles. The Morgan fingerprint density at radius 3 is 0.845 bits per heavy atom. The van der Waals surface area contributed by atoms with Crippen LogP contribution in [0.25, 0.3) is 0 Å². The molecule has 0 aromatic rings. The molecule has 6 nitrogen and oxygen atoms in total. The minimum atomic E-state index is -0.760. The number of hydrogen-bond donors (Lipinski definition) is 0. The normalized spacial score (nSPS) is 11.9. The Morgan fingerprint density at radius 1 is 0.328 bits per heavy atom. The molecule has 0 spiro atoms. The minimum Gasteiger partial charge on any atom is -0.462 e. The Morgan fingerprint density at radius 2 is 0.569 bits per heavy atom. The zero-order valence-corrected chi connectivity index (χ0v) is 39.5. The van der Waals surface area contributed by atoms with E-state index in [0.29, 0.717) is 19.3 Å². The van der Waals surface area contributed by atoms with E-state index in [1.807, 2.05) is 0 Å². The minimum absolute atomic E-state index is 0.0628. The summed E-state index contributed by atoms with van der Waals surface area (Å²) in [7, 11) is 0. The summed E-state index contributed by atoms with van der Waals surface area (Å²) in [6.07, 6.45) is 48.0. The molecule has 58 heavy (non-hydrogen) atoms. The highest BCUT2D eigenvalue weighted by atomic mass is 16.6. The van der Waals surface area contributed by atoms with Gasteiger partial charge < -0.3 is 14.2 Å². The van der Waals surface area contributed by atoms with Gasteiger partial charge in [-0.2, -0.15) is 0 Å². The second kappa shape index (κ2) is 46.5.